The fourth-order valence-corrected chi connectivity index (χ4v) is 3.54. The molecule has 0 aromatic heterocycles. The average molecular weight is 264 g/mol. The van der Waals surface area contributed by atoms with Crippen LogP contribution in [0.3, 0.4) is 0 Å². The summed E-state index contributed by atoms with van der Waals surface area (Å²) < 4.78 is 23.0. The second kappa shape index (κ2) is 6.13. The molecule has 1 aliphatic rings. The van der Waals surface area contributed by atoms with E-state index in [9.17, 15) is 13.5 Å². The van der Waals surface area contributed by atoms with Gasteiger partial charge >= 0.3 is 0 Å². The molecule has 1 saturated heterocycles. The van der Waals surface area contributed by atoms with Gasteiger partial charge in [-0.3, -0.25) is 0 Å². The fraction of sp³-hybridized carbons (Fsp3) is 1.00. The normalized spacial score (nSPS) is 25.1. The van der Waals surface area contributed by atoms with Gasteiger partial charge in [-0.2, -0.15) is 0 Å². The van der Waals surface area contributed by atoms with Crippen molar-refractivity contribution in [2.24, 2.45) is 0 Å². The highest BCUT2D eigenvalue weighted by molar-refractivity contribution is 7.91. The molecule has 0 aromatic rings. The van der Waals surface area contributed by atoms with Gasteiger partial charge in [0.25, 0.3) is 0 Å². The van der Waals surface area contributed by atoms with E-state index >= 15 is 0 Å². The molecule has 2 N–H and O–H groups in total. The van der Waals surface area contributed by atoms with Gasteiger partial charge in [0.15, 0.2) is 9.84 Å². The van der Waals surface area contributed by atoms with Crippen LogP contribution in [0.4, 0.5) is 0 Å². The highest BCUT2D eigenvalue weighted by atomic mass is 32.2. The van der Waals surface area contributed by atoms with Gasteiger partial charge in [-0.05, 0) is 26.4 Å². The van der Waals surface area contributed by atoms with Crippen molar-refractivity contribution in [1.82, 2.24) is 10.2 Å². The third-order valence-corrected chi connectivity index (χ3v) is 4.89. The molecule has 0 spiro atoms. The lowest BCUT2D eigenvalue weighted by atomic mass is 10.0. The average Bonchev–Trinajstić information content (AvgIpc) is 2.41. The van der Waals surface area contributed by atoms with E-state index < -0.39 is 9.84 Å². The summed E-state index contributed by atoms with van der Waals surface area (Å²) in [6.45, 7) is 6.88. The Morgan fingerprint density at radius 1 is 1.35 bits per heavy atom. The molecule has 0 bridgehead atoms. The van der Waals surface area contributed by atoms with E-state index in [1.807, 2.05) is 13.8 Å². The molecule has 102 valence electrons. The summed E-state index contributed by atoms with van der Waals surface area (Å²) in [5.41, 5.74) is -0.344. The van der Waals surface area contributed by atoms with Gasteiger partial charge in [0.05, 0.1) is 23.7 Å². The summed E-state index contributed by atoms with van der Waals surface area (Å²) in [6, 6.07) is 0. The maximum Gasteiger partial charge on any atom is 0.151 e. The fourth-order valence-electron chi connectivity index (χ4n) is 2.23. The summed E-state index contributed by atoms with van der Waals surface area (Å²) >= 11 is 0. The highest BCUT2D eigenvalue weighted by Gasteiger charge is 2.27. The number of nitrogens with one attached hydrogen (secondary N) is 1. The van der Waals surface area contributed by atoms with E-state index in [1.54, 1.807) is 0 Å². The summed E-state index contributed by atoms with van der Waals surface area (Å²) in [4.78, 5) is 2.13. The van der Waals surface area contributed by atoms with Crippen molar-refractivity contribution in [2.45, 2.75) is 25.8 Å². The van der Waals surface area contributed by atoms with E-state index in [2.05, 4.69) is 10.2 Å². The number of hydrogen-bond donors (Lipinski definition) is 2. The Hall–Kier alpha value is -0.170. The highest BCUT2D eigenvalue weighted by Crippen LogP contribution is 2.10. The first-order valence-corrected chi connectivity index (χ1v) is 8.01. The SMILES string of the molecule is CCNC(C)(CO)CN1CCCS(=O)(=O)CC1. The van der Waals surface area contributed by atoms with Gasteiger partial charge in [-0.1, -0.05) is 6.92 Å². The van der Waals surface area contributed by atoms with Crippen LogP contribution in [0.1, 0.15) is 20.3 Å². The summed E-state index contributed by atoms with van der Waals surface area (Å²) in [7, 11) is -2.85. The first-order chi connectivity index (χ1) is 7.91. The summed E-state index contributed by atoms with van der Waals surface area (Å²) in [5, 5.41) is 12.7. The van der Waals surface area contributed by atoms with Crippen LogP contribution < -0.4 is 5.32 Å². The van der Waals surface area contributed by atoms with Crippen LogP contribution >= 0.6 is 0 Å². The molecule has 6 heteroatoms. The van der Waals surface area contributed by atoms with Crippen molar-refractivity contribution in [2.75, 3.05) is 44.3 Å². The first kappa shape index (κ1) is 14.9. The third kappa shape index (κ3) is 4.91. The molecule has 0 aliphatic carbocycles. The number of likely N-dealkylation sites (N-methyl/N-ethyl adjacent to an activating group) is 1. The predicted molar refractivity (Wildman–Crippen MR) is 68.9 cm³/mol. The molecule has 17 heavy (non-hydrogen) atoms. The molecule has 1 rings (SSSR count). The van der Waals surface area contributed by atoms with Gasteiger partial charge in [0.1, 0.15) is 0 Å². The second-order valence-corrected chi connectivity index (χ2v) is 7.33. The zero-order valence-corrected chi connectivity index (χ0v) is 11.6. The van der Waals surface area contributed by atoms with Crippen LogP contribution in [-0.4, -0.2) is 68.3 Å². The Labute approximate surface area is 104 Å². The van der Waals surface area contributed by atoms with E-state index in [1.165, 1.54) is 0 Å². The zero-order valence-electron chi connectivity index (χ0n) is 10.8. The van der Waals surface area contributed by atoms with Crippen LogP contribution in [0.15, 0.2) is 0 Å². The van der Waals surface area contributed by atoms with Crippen LogP contribution in [-0.2, 0) is 9.84 Å². The van der Waals surface area contributed by atoms with Crippen molar-refractivity contribution in [3.63, 3.8) is 0 Å². The molecule has 0 saturated carbocycles. The molecule has 1 aliphatic heterocycles. The quantitative estimate of drug-likeness (QED) is 0.698. The van der Waals surface area contributed by atoms with Gasteiger partial charge in [-0.15, -0.1) is 0 Å². The molecule has 0 amide bonds. The predicted octanol–water partition coefficient (Wildman–Crippen LogP) is -0.533. The monoisotopic (exact) mass is 264 g/mol. The standard InChI is InChI=1S/C11H24N2O3S/c1-3-12-11(2,10-14)9-13-5-4-7-17(15,16)8-6-13/h12,14H,3-10H2,1-2H3. The minimum atomic E-state index is -2.85. The molecular weight excluding hydrogens is 240 g/mol. The van der Waals surface area contributed by atoms with E-state index in [0.717, 1.165) is 13.1 Å². The number of sulfone groups is 1. The lowest BCUT2D eigenvalue weighted by molar-refractivity contribution is 0.125. The number of nitrogens with zero attached hydrogens (tertiary/aromatic N) is 1. The molecule has 0 radical (unpaired) electrons. The van der Waals surface area contributed by atoms with Crippen LogP contribution in [0.25, 0.3) is 0 Å². The second-order valence-electron chi connectivity index (χ2n) is 5.03. The maximum atomic E-state index is 11.5. The molecule has 5 nitrogen and oxygen atoms in total. The van der Waals surface area contributed by atoms with E-state index in [4.69, 9.17) is 0 Å². The Morgan fingerprint density at radius 2 is 2.06 bits per heavy atom. The minimum absolute atomic E-state index is 0.0596. The van der Waals surface area contributed by atoms with Crippen molar-refractivity contribution in [3.05, 3.63) is 0 Å². The summed E-state index contributed by atoms with van der Waals surface area (Å²) in [5.74, 6) is 0.529. The van der Waals surface area contributed by atoms with E-state index in [0.29, 0.717) is 25.3 Å². The van der Waals surface area contributed by atoms with Gasteiger partial charge in [0.2, 0.25) is 0 Å². The molecular formula is C11H24N2O3S. The molecule has 0 aromatic carbocycles. The lowest BCUT2D eigenvalue weighted by Crippen LogP contribution is -2.54. The van der Waals surface area contributed by atoms with Crippen molar-refractivity contribution in [1.29, 1.82) is 0 Å². The molecule has 1 atom stereocenters. The Bertz CT molecular complexity index is 332. The van der Waals surface area contributed by atoms with Gasteiger partial charge in [0, 0.05) is 13.1 Å². The van der Waals surface area contributed by atoms with Gasteiger partial charge in [-0.25, -0.2) is 8.42 Å². The van der Waals surface area contributed by atoms with Crippen LogP contribution in [0.5, 0.6) is 0 Å². The molecule has 1 heterocycles. The Morgan fingerprint density at radius 3 is 2.65 bits per heavy atom. The van der Waals surface area contributed by atoms with Crippen molar-refractivity contribution < 1.29 is 13.5 Å². The topological polar surface area (TPSA) is 69.6 Å². The number of hydrogen-bond acceptors (Lipinski definition) is 5. The van der Waals surface area contributed by atoms with E-state index in [-0.39, 0.29) is 17.9 Å². The number of aliphatic hydroxyl groups is 1. The first-order valence-electron chi connectivity index (χ1n) is 6.19. The van der Waals surface area contributed by atoms with Gasteiger partial charge < -0.3 is 15.3 Å². The zero-order chi connectivity index (χ0) is 12.9. The van der Waals surface area contributed by atoms with Crippen molar-refractivity contribution in [3.8, 4) is 0 Å². The van der Waals surface area contributed by atoms with Crippen LogP contribution in [0, 0.1) is 0 Å². The van der Waals surface area contributed by atoms with Crippen LogP contribution in [0.2, 0.25) is 0 Å². The maximum absolute atomic E-state index is 11.5. The number of aliphatic hydroxyl groups excluding tert-OH is 1. The third-order valence-electron chi connectivity index (χ3n) is 3.17. The smallest absolute Gasteiger partial charge is 0.151 e. The Kier molecular flexibility index (Phi) is 5.37. The minimum Gasteiger partial charge on any atom is -0.394 e. The van der Waals surface area contributed by atoms with Crippen molar-refractivity contribution >= 4 is 9.84 Å². The lowest BCUT2D eigenvalue weighted by Gasteiger charge is -2.34. The largest absolute Gasteiger partial charge is 0.394 e. The summed E-state index contributed by atoms with van der Waals surface area (Å²) in [6.07, 6.45) is 0.690. The number of rotatable bonds is 5. The Balaban J connectivity index is 2.56. The molecule has 1 fully saturated rings. The molecule has 1 unspecified atom stereocenters.